The molecule has 0 aliphatic carbocycles. The molecule has 0 aromatic heterocycles. The summed E-state index contributed by atoms with van der Waals surface area (Å²) in [6.45, 7) is 0. The summed E-state index contributed by atoms with van der Waals surface area (Å²) in [6.07, 6.45) is 0. The van der Waals surface area contributed by atoms with Crippen molar-refractivity contribution in [1.29, 1.82) is 0 Å². The second-order valence-corrected chi connectivity index (χ2v) is 4.86. The SMILES string of the molecule is CN(c1ccc(Cl)cc1)c1ccc(Br)cc1. The van der Waals surface area contributed by atoms with Crippen LogP contribution in [0.4, 0.5) is 11.4 Å². The van der Waals surface area contributed by atoms with Crippen molar-refractivity contribution in [2.24, 2.45) is 0 Å². The van der Waals surface area contributed by atoms with Crippen molar-refractivity contribution in [2.45, 2.75) is 0 Å². The fourth-order valence-electron chi connectivity index (χ4n) is 1.48. The average Bonchev–Trinajstić information content (AvgIpc) is 2.30. The molecule has 2 aromatic carbocycles. The summed E-state index contributed by atoms with van der Waals surface area (Å²) in [6, 6.07) is 16.0. The van der Waals surface area contributed by atoms with Gasteiger partial charge in [0.05, 0.1) is 0 Å². The number of hydrogen-bond acceptors (Lipinski definition) is 1. The van der Waals surface area contributed by atoms with E-state index in [-0.39, 0.29) is 0 Å². The van der Waals surface area contributed by atoms with Gasteiger partial charge in [-0.2, -0.15) is 0 Å². The van der Waals surface area contributed by atoms with Gasteiger partial charge in [0.15, 0.2) is 0 Å². The molecule has 1 nitrogen and oxygen atoms in total. The fraction of sp³-hybridized carbons (Fsp3) is 0.0769. The van der Waals surface area contributed by atoms with Gasteiger partial charge in [-0.05, 0) is 48.5 Å². The molecule has 0 atom stereocenters. The standard InChI is InChI=1S/C13H11BrClN/c1-16(12-6-2-10(14)3-7-12)13-8-4-11(15)5-9-13/h2-9H,1H3. The van der Waals surface area contributed by atoms with Crippen molar-refractivity contribution in [3.8, 4) is 0 Å². The molecule has 3 heteroatoms. The molecule has 0 saturated carbocycles. The normalized spacial score (nSPS) is 10.2. The maximum absolute atomic E-state index is 5.86. The van der Waals surface area contributed by atoms with Gasteiger partial charge in [-0.25, -0.2) is 0 Å². The highest BCUT2D eigenvalue weighted by atomic mass is 79.9. The third-order valence-corrected chi connectivity index (χ3v) is 3.21. The van der Waals surface area contributed by atoms with E-state index < -0.39 is 0 Å². The Morgan fingerprint density at radius 2 is 1.31 bits per heavy atom. The maximum atomic E-state index is 5.86. The lowest BCUT2D eigenvalue weighted by Gasteiger charge is -2.19. The average molecular weight is 297 g/mol. The van der Waals surface area contributed by atoms with Crippen molar-refractivity contribution < 1.29 is 0 Å². The molecule has 0 saturated heterocycles. The summed E-state index contributed by atoms with van der Waals surface area (Å²) < 4.78 is 1.08. The number of rotatable bonds is 2. The Morgan fingerprint density at radius 3 is 1.81 bits per heavy atom. The second kappa shape index (κ2) is 4.89. The molecule has 0 heterocycles. The fourth-order valence-corrected chi connectivity index (χ4v) is 1.87. The van der Waals surface area contributed by atoms with Crippen LogP contribution in [0.5, 0.6) is 0 Å². The summed E-state index contributed by atoms with van der Waals surface area (Å²) in [4.78, 5) is 2.11. The van der Waals surface area contributed by atoms with Crippen LogP contribution in [-0.4, -0.2) is 7.05 Å². The van der Waals surface area contributed by atoms with Gasteiger partial charge in [0.2, 0.25) is 0 Å². The van der Waals surface area contributed by atoms with E-state index >= 15 is 0 Å². The molecule has 0 radical (unpaired) electrons. The van der Waals surface area contributed by atoms with Crippen molar-refractivity contribution >= 4 is 38.9 Å². The van der Waals surface area contributed by atoms with Crippen LogP contribution >= 0.6 is 27.5 Å². The van der Waals surface area contributed by atoms with Crippen molar-refractivity contribution in [3.63, 3.8) is 0 Å². The van der Waals surface area contributed by atoms with Crippen LogP contribution in [0, 0.1) is 0 Å². The third-order valence-electron chi connectivity index (χ3n) is 2.43. The quantitative estimate of drug-likeness (QED) is 0.764. The smallest absolute Gasteiger partial charge is 0.0409 e. The van der Waals surface area contributed by atoms with Crippen LogP contribution in [0.3, 0.4) is 0 Å². The van der Waals surface area contributed by atoms with E-state index in [1.54, 1.807) is 0 Å². The van der Waals surface area contributed by atoms with E-state index in [0.29, 0.717) is 0 Å². The Hall–Kier alpha value is -0.990. The Morgan fingerprint density at radius 1 is 0.875 bits per heavy atom. The molecule has 0 N–H and O–H groups in total. The van der Waals surface area contributed by atoms with E-state index in [2.05, 4.69) is 33.0 Å². The van der Waals surface area contributed by atoms with E-state index in [1.807, 2.05) is 43.4 Å². The zero-order valence-electron chi connectivity index (χ0n) is 8.82. The molecule has 0 bridgehead atoms. The highest BCUT2D eigenvalue weighted by molar-refractivity contribution is 9.10. The minimum atomic E-state index is 0.757. The Balaban J connectivity index is 2.28. The third kappa shape index (κ3) is 2.57. The van der Waals surface area contributed by atoms with E-state index in [0.717, 1.165) is 20.9 Å². The van der Waals surface area contributed by atoms with Gasteiger partial charge >= 0.3 is 0 Å². The van der Waals surface area contributed by atoms with Crippen LogP contribution in [0.2, 0.25) is 5.02 Å². The lowest BCUT2D eigenvalue weighted by Crippen LogP contribution is -2.08. The zero-order chi connectivity index (χ0) is 11.5. The van der Waals surface area contributed by atoms with Gasteiger partial charge in [-0.15, -0.1) is 0 Å². The van der Waals surface area contributed by atoms with Crippen LogP contribution in [0.25, 0.3) is 0 Å². The first kappa shape index (κ1) is 11.5. The summed E-state index contributed by atoms with van der Waals surface area (Å²) in [5.41, 5.74) is 2.26. The molecule has 16 heavy (non-hydrogen) atoms. The Kier molecular flexibility index (Phi) is 3.52. The molecule has 0 spiro atoms. The second-order valence-electron chi connectivity index (χ2n) is 3.51. The van der Waals surface area contributed by atoms with Crippen LogP contribution < -0.4 is 4.90 Å². The first-order valence-electron chi connectivity index (χ1n) is 4.92. The van der Waals surface area contributed by atoms with Gasteiger partial charge in [0, 0.05) is 27.9 Å². The number of anilines is 2. The van der Waals surface area contributed by atoms with Gasteiger partial charge in [0.1, 0.15) is 0 Å². The highest BCUT2D eigenvalue weighted by Crippen LogP contribution is 2.25. The van der Waals surface area contributed by atoms with Crippen LogP contribution in [0.15, 0.2) is 53.0 Å². The maximum Gasteiger partial charge on any atom is 0.0409 e. The molecule has 2 rings (SSSR count). The number of nitrogens with zero attached hydrogens (tertiary/aromatic N) is 1. The number of benzene rings is 2. The molecular formula is C13H11BrClN. The highest BCUT2D eigenvalue weighted by Gasteiger charge is 2.02. The molecule has 0 aliphatic rings. The summed E-state index contributed by atoms with van der Waals surface area (Å²) in [5, 5.41) is 0.757. The van der Waals surface area contributed by atoms with Crippen molar-refractivity contribution in [2.75, 3.05) is 11.9 Å². The Labute approximate surface area is 109 Å². The van der Waals surface area contributed by atoms with Gasteiger partial charge in [-0.3, -0.25) is 0 Å². The summed E-state index contributed by atoms with van der Waals surface area (Å²) in [7, 11) is 2.03. The monoisotopic (exact) mass is 295 g/mol. The van der Waals surface area contributed by atoms with E-state index in [4.69, 9.17) is 11.6 Å². The molecule has 0 amide bonds. The number of halogens is 2. The first-order valence-corrected chi connectivity index (χ1v) is 6.09. The first-order chi connectivity index (χ1) is 7.66. The van der Waals surface area contributed by atoms with Crippen molar-refractivity contribution in [1.82, 2.24) is 0 Å². The molecule has 82 valence electrons. The van der Waals surface area contributed by atoms with E-state index in [1.165, 1.54) is 0 Å². The van der Waals surface area contributed by atoms with Gasteiger partial charge in [0.25, 0.3) is 0 Å². The van der Waals surface area contributed by atoms with Crippen LogP contribution in [-0.2, 0) is 0 Å². The number of hydrogen-bond donors (Lipinski definition) is 0. The van der Waals surface area contributed by atoms with Crippen molar-refractivity contribution in [3.05, 3.63) is 58.0 Å². The largest absolute Gasteiger partial charge is 0.345 e. The zero-order valence-corrected chi connectivity index (χ0v) is 11.2. The van der Waals surface area contributed by atoms with Gasteiger partial charge < -0.3 is 4.90 Å². The van der Waals surface area contributed by atoms with Crippen LogP contribution in [0.1, 0.15) is 0 Å². The molecule has 0 fully saturated rings. The lowest BCUT2D eigenvalue weighted by molar-refractivity contribution is 1.21. The molecular weight excluding hydrogens is 286 g/mol. The predicted molar refractivity (Wildman–Crippen MR) is 73.7 cm³/mol. The lowest BCUT2D eigenvalue weighted by atomic mass is 10.2. The molecule has 0 unspecified atom stereocenters. The molecule has 0 aliphatic heterocycles. The van der Waals surface area contributed by atoms with E-state index in [9.17, 15) is 0 Å². The predicted octanol–water partition coefficient (Wildman–Crippen LogP) is 4.87. The minimum Gasteiger partial charge on any atom is -0.345 e. The summed E-state index contributed by atoms with van der Waals surface area (Å²) in [5.74, 6) is 0. The Bertz CT molecular complexity index is 419. The summed E-state index contributed by atoms with van der Waals surface area (Å²) >= 11 is 9.28. The topological polar surface area (TPSA) is 3.24 Å². The minimum absolute atomic E-state index is 0.757. The van der Waals surface area contributed by atoms with Gasteiger partial charge in [-0.1, -0.05) is 27.5 Å². The molecule has 2 aromatic rings.